The van der Waals surface area contributed by atoms with Crippen LogP contribution in [0.2, 0.25) is 0 Å². The molecule has 1 aromatic heterocycles. The Morgan fingerprint density at radius 2 is 1.64 bits per heavy atom. The Bertz CT molecular complexity index is 1700. The maximum absolute atomic E-state index is 13.5. The van der Waals surface area contributed by atoms with Crippen LogP contribution in [-0.2, 0) is 17.5 Å². The van der Waals surface area contributed by atoms with Gasteiger partial charge in [-0.1, -0.05) is 30.3 Å². The Morgan fingerprint density at radius 1 is 0.978 bits per heavy atom. The highest BCUT2D eigenvalue weighted by molar-refractivity contribution is 5.91. The maximum atomic E-state index is 13.5. The van der Waals surface area contributed by atoms with Gasteiger partial charge in [-0.25, -0.2) is 9.78 Å². The molecule has 3 aromatic carbocycles. The van der Waals surface area contributed by atoms with Gasteiger partial charge in [-0.15, -0.1) is 0 Å². The molecular weight excluding hydrogens is 583 g/mol. The molecule has 0 aliphatic carbocycles. The van der Waals surface area contributed by atoms with Gasteiger partial charge < -0.3 is 14.4 Å². The molecular formula is C34H32F3N5O3. The maximum Gasteiger partial charge on any atom is 0.416 e. The Morgan fingerprint density at radius 3 is 2.27 bits per heavy atom. The van der Waals surface area contributed by atoms with E-state index in [1.54, 1.807) is 25.1 Å². The van der Waals surface area contributed by atoms with E-state index in [0.717, 1.165) is 28.3 Å². The first-order chi connectivity index (χ1) is 21.6. The number of benzene rings is 3. The van der Waals surface area contributed by atoms with Crippen LogP contribution < -0.4 is 9.64 Å². The molecule has 0 spiro atoms. The summed E-state index contributed by atoms with van der Waals surface area (Å²) in [5.41, 5.74) is 3.80. The zero-order valence-electron chi connectivity index (χ0n) is 25.2. The monoisotopic (exact) mass is 615 g/mol. The van der Waals surface area contributed by atoms with Crippen LogP contribution in [0, 0.1) is 25.2 Å². The highest BCUT2D eigenvalue weighted by atomic mass is 19.4. The van der Waals surface area contributed by atoms with Crippen LogP contribution in [0.4, 0.5) is 19.1 Å². The number of rotatable bonds is 8. The van der Waals surface area contributed by atoms with Crippen molar-refractivity contribution in [3.8, 4) is 28.8 Å². The van der Waals surface area contributed by atoms with Crippen LogP contribution in [-0.4, -0.2) is 53.6 Å². The second kappa shape index (κ2) is 13.4. The Hall–Kier alpha value is -4.95. The highest BCUT2D eigenvalue weighted by Gasteiger charge is 2.33. The molecule has 4 aromatic rings. The molecule has 0 unspecified atom stereocenters. The van der Waals surface area contributed by atoms with Gasteiger partial charge in [-0.2, -0.15) is 23.4 Å². The number of carbonyl (C=O) groups is 1. The first-order valence-electron chi connectivity index (χ1n) is 14.5. The van der Waals surface area contributed by atoms with Crippen LogP contribution in [0.3, 0.4) is 0 Å². The zero-order chi connectivity index (χ0) is 32.1. The molecule has 2 heterocycles. The number of nitriles is 1. The number of aromatic nitrogens is 2. The molecule has 45 heavy (non-hydrogen) atoms. The minimum atomic E-state index is -4.41. The van der Waals surface area contributed by atoms with Crippen molar-refractivity contribution in [3.05, 3.63) is 100 Å². The van der Waals surface area contributed by atoms with E-state index in [2.05, 4.69) is 16.0 Å². The number of alkyl halides is 3. The number of aryl methyl sites for hydroxylation is 2. The van der Waals surface area contributed by atoms with Gasteiger partial charge in [0.1, 0.15) is 11.3 Å². The number of hydrogen-bond acceptors (Lipinski definition) is 8. The van der Waals surface area contributed by atoms with Crippen LogP contribution in [0.25, 0.3) is 11.1 Å². The van der Waals surface area contributed by atoms with E-state index >= 15 is 0 Å². The van der Waals surface area contributed by atoms with Crippen LogP contribution in [0.1, 0.15) is 45.1 Å². The number of ether oxygens (including phenoxy) is 2. The second-order valence-corrected chi connectivity index (χ2v) is 10.8. The van der Waals surface area contributed by atoms with Crippen LogP contribution in [0.5, 0.6) is 11.6 Å². The Labute approximate surface area is 259 Å². The Kier molecular flexibility index (Phi) is 9.34. The normalized spacial score (nSPS) is 13.8. The molecule has 0 N–H and O–H groups in total. The van der Waals surface area contributed by atoms with Gasteiger partial charge in [-0.05, 0) is 78.9 Å². The topological polar surface area (TPSA) is 91.6 Å². The molecule has 0 amide bonds. The minimum absolute atomic E-state index is 0.0531. The molecule has 5 rings (SSSR count). The summed E-state index contributed by atoms with van der Waals surface area (Å²) in [6.45, 7) is 7.80. The van der Waals surface area contributed by atoms with E-state index < -0.39 is 17.7 Å². The van der Waals surface area contributed by atoms with Gasteiger partial charge >= 0.3 is 12.1 Å². The van der Waals surface area contributed by atoms with E-state index in [9.17, 15) is 18.0 Å². The van der Waals surface area contributed by atoms with E-state index in [1.165, 1.54) is 18.3 Å². The minimum Gasteiger partial charge on any atom is -0.462 e. The van der Waals surface area contributed by atoms with Crippen molar-refractivity contribution in [2.75, 3.05) is 37.7 Å². The number of anilines is 1. The lowest BCUT2D eigenvalue weighted by atomic mass is 9.99. The van der Waals surface area contributed by atoms with Crippen molar-refractivity contribution >= 4 is 11.9 Å². The lowest BCUT2D eigenvalue weighted by molar-refractivity contribution is -0.138. The fraction of sp³-hybridized carbons (Fsp3) is 0.294. The summed E-state index contributed by atoms with van der Waals surface area (Å²) < 4.78 is 52.0. The first kappa shape index (κ1) is 31.5. The molecule has 1 saturated heterocycles. The third-order valence-electron chi connectivity index (χ3n) is 7.61. The molecule has 11 heteroatoms. The third-order valence-corrected chi connectivity index (χ3v) is 7.61. The van der Waals surface area contributed by atoms with Gasteiger partial charge in [0.2, 0.25) is 11.8 Å². The predicted molar refractivity (Wildman–Crippen MR) is 163 cm³/mol. The predicted octanol–water partition coefficient (Wildman–Crippen LogP) is 6.94. The standard InChI is InChI=1S/C34H32F3N5O3/c1-4-44-32(43)28-20-39-33(42-15-13-41(14-16-42)21-26-7-5-6-8-29(26)34(35,36)37)40-31(28)45-30-22(2)17-27(18-23(30)3)25-11-9-24(19-38)10-12-25/h5-12,17-18,20H,4,13-16,21H2,1-3H3. The third kappa shape index (κ3) is 7.24. The molecule has 8 nitrogen and oxygen atoms in total. The van der Waals surface area contributed by atoms with Gasteiger partial charge in [-0.3, -0.25) is 4.90 Å². The van der Waals surface area contributed by atoms with E-state index in [1.807, 2.05) is 47.9 Å². The number of hydrogen-bond donors (Lipinski definition) is 0. The smallest absolute Gasteiger partial charge is 0.416 e. The average molecular weight is 616 g/mol. The van der Waals surface area contributed by atoms with Gasteiger partial charge in [0.15, 0.2) is 0 Å². The number of esters is 1. The fourth-order valence-electron chi connectivity index (χ4n) is 5.33. The van der Waals surface area contributed by atoms with Crippen molar-refractivity contribution in [2.24, 2.45) is 0 Å². The van der Waals surface area contributed by atoms with Crippen molar-refractivity contribution in [1.82, 2.24) is 14.9 Å². The molecule has 232 valence electrons. The SMILES string of the molecule is CCOC(=O)c1cnc(N2CCN(Cc3ccccc3C(F)(F)F)CC2)nc1Oc1c(C)cc(-c2ccc(C#N)cc2)cc1C. The van der Waals surface area contributed by atoms with Crippen molar-refractivity contribution in [1.29, 1.82) is 5.26 Å². The van der Waals surface area contributed by atoms with Gasteiger partial charge in [0, 0.05) is 32.7 Å². The van der Waals surface area contributed by atoms with E-state index in [0.29, 0.717) is 43.4 Å². The average Bonchev–Trinajstić information content (AvgIpc) is 3.03. The molecule has 0 radical (unpaired) electrons. The largest absolute Gasteiger partial charge is 0.462 e. The van der Waals surface area contributed by atoms with E-state index in [4.69, 9.17) is 14.7 Å². The highest BCUT2D eigenvalue weighted by Crippen LogP contribution is 2.35. The molecule has 0 atom stereocenters. The van der Waals surface area contributed by atoms with Crippen molar-refractivity contribution < 1.29 is 27.4 Å². The number of halogens is 3. The molecule has 0 saturated carbocycles. The van der Waals surface area contributed by atoms with Gasteiger partial charge in [0.05, 0.1) is 30.0 Å². The number of nitrogens with zero attached hydrogens (tertiary/aromatic N) is 5. The summed E-state index contributed by atoms with van der Waals surface area (Å²) in [7, 11) is 0. The fourth-order valence-corrected chi connectivity index (χ4v) is 5.33. The summed E-state index contributed by atoms with van der Waals surface area (Å²) >= 11 is 0. The molecule has 1 aliphatic heterocycles. The summed E-state index contributed by atoms with van der Waals surface area (Å²) in [5.74, 6) is 0.322. The van der Waals surface area contributed by atoms with Gasteiger partial charge in [0.25, 0.3) is 0 Å². The zero-order valence-corrected chi connectivity index (χ0v) is 25.2. The van der Waals surface area contributed by atoms with Crippen LogP contribution >= 0.6 is 0 Å². The van der Waals surface area contributed by atoms with Crippen molar-refractivity contribution in [2.45, 2.75) is 33.5 Å². The summed E-state index contributed by atoms with van der Waals surface area (Å²) in [6, 6.07) is 19.0. The first-order valence-corrected chi connectivity index (χ1v) is 14.5. The lowest BCUT2D eigenvalue weighted by Gasteiger charge is -2.35. The quantitative estimate of drug-likeness (QED) is 0.197. The van der Waals surface area contributed by atoms with E-state index in [-0.39, 0.29) is 30.2 Å². The molecule has 1 fully saturated rings. The lowest BCUT2D eigenvalue weighted by Crippen LogP contribution is -2.46. The van der Waals surface area contributed by atoms with Crippen LogP contribution in [0.15, 0.2) is 66.9 Å². The number of carbonyl (C=O) groups excluding carboxylic acids is 1. The summed E-state index contributed by atoms with van der Waals surface area (Å²) in [5, 5.41) is 9.11. The Balaban J connectivity index is 1.36. The number of piperazine rings is 1. The summed E-state index contributed by atoms with van der Waals surface area (Å²) in [4.78, 5) is 25.7. The van der Waals surface area contributed by atoms with Crippen molar-refractivity contribution in [3.63, 3.8) is 0 Å². The second-order valence-electron chi connectivity index (χ2n) is 10.8. The molecule has 1 aliphatic rings. The molecule has 0 bridgehead atoms. The summed E-state index contributed by atoms with van der Waals surface area (Å²) in [6.07, 6.45) is -3.03.